The van der Waals surface area contributed by atoms with Crippen molar-refractivity contribution in [1.29, 1.82) is 0 Å². The van der Waals surface area contributed by atoms with E-state index in [0.29, 0.717) is 0 Å². The lowest BCUT2D eigenvalue weighted by molar-refractivity contribution is -0.138. The summed E-state index contributed by atoms with van der Waals surface area (Å²) in [5.74, 6) is -4.50. The van der Waals surface area contributed by atoms with Crippen LogP contribution in [0.2, 0.25) is 0 Å². The largest absolute Gasteiger partial charge is 0.475 e. The molecule has 0 radical (unpaired) electrons. The molecule has 0 bridgehead atoms. The molecule has 0 spiro atoms. The summed E-state index contributed by atoms with van der Waals surface area (Å²) in [6.07, 6.45) is -0.667. The van der Waals surface area contributed by atoms with Gasteiger partial charge in [-0.3, -0.25) is 9.36 Å². The Balaban J connectivity index is 3.15. The number of rotatable bonds is 4. The van der Waals surface area contributed by atoms with E-state index in [4.69, 9.17) is 9.84 Å². The van der Waals surface area contributed by atoms with Gasteiger partial charge in [-0.1, -0.05) is 0 Å². The summed E-state index contributed by atoms with van der Waals surface area (Å²) >= 11 is 0. The van der Waals surface area contributed by atoms with Crippen molar-refractivity contribution < 1.29 is 38.5 Å². The highest BCUT2D eigenvalue weighted by Gasteiger charge is 2.47. The molecule has 1 rings (SSSR count). The zero-order chi connectivity index (χ0) is 14.8. The van der Waals surface area contributed by atoms with Crippen LogP contribution in [0.15, 0.2) is 11.8 Å². The predicted molar refractivity (Wildman–Crippen MR) is 61.0 cm³/mol. The Morgan fingerprint density at radius 2 is 2.11 bits per heavy atom. The second kappa shape index (κ2) is 5.70. The van der Waals surface area contributed by atoms with E-state index < -0.39 is 43.2 Å². The maximum absolute atomic E-state index is 11.8. The first kappa shape index (κ1) is 15.6. The van der Waals surface area contributed by atoms with Gasteiger partial charge in [0.2, 0.25) is 17.5 Å². The van der Waals surface area contributed by atoms with E-state index in [1.807, 2.05) is 0 Å². The van der Waals surface area contributed by atoms with Crippen molar-refractivity contribution in [2.24, 2.45) is 0 Å². The molecule has 19 heavy (non-hydrogen) atoms. The van der Waals surface area contributed by atoms with Crippen LogP contribution >= 0.6 is 7.60 Å². The minimum absolute atomic E-state index is 0.582. The number of carboxylic acids is 1. The van der Waals surface area contributed by atoms with Crippen molar-refractivity contribution in [1.82, 2.24) is 5.32 Å². The lowest BCUT2D eigenvalue weighted by Gasteiger charge is -2.35. The van der Waals surface area contributed by atoms with Crippen molar-refractivity contribution in [3.63, 3.8) is 0 Å². The van der Waals surface area contributed by atoms with Crippen LogP contribution in [0, 0.1) is 0 Å². The van der Waals surface area contributed by atoms with Gasteiger partial charge in [0.05, 0.1) is 0 Å². The monoisotopic (exact) mass is 295 g/mol. The van der Waals surface area contributed by atoms with Crippen LogP contribution in [-0.2, 0) is 23.4 Å². The second-order valence-electron chi connectivity index (χ2n) is 3.81. The molecule has 1 aliphatic heterocycles. The Morgan fingerprint density at radius 3 is 2.53 bits per heavy atom. The van der Waals surface area contributed by atoms with E-state index >= 15 is 0 Å². The van der Waals surface area contributed by atoms with E-state index in [9.17, 15) is 24.2 Å². The number of amides is 1. The molecular weight excluding hydrogens is 281 g/mol. The molecule has 0 fully saturated rings. The van der Waals surface area contributed by atoms with Crippen LogP contribution in [0.4, 0.5) is 0 Å². The van der Waals surface area contributed by atoms with E-state index in [1.165, 1.54) is 0 Å². The van der Waals surface area contributed by atoms with Crippen LogP contribution in [0.3, 0.4) is 0 Å². The third-order valence-electron chi connectivity index (χ3n) is 2.41. The molecular formula is C9H14NO8P. The average Bonchev–Trinajstić information content (AvgIpc) is 2.30. The molecule has 1 amide bonds. The van der Waals surface area contributed by atoms with E-state index in [0.717, 1.165) is 20.1 Å². The Hall–Kier alpha value is -1.41. The third-order valence-corrected chi connectivity index (χ3v) is 4.00. The molecule has 0 aromatic heterocycles. The molecule has 1 aliphatic rings. The Kier molecular flexibility index (Phi) is 4.70. The van der Waals surface area contributed by atoms with Gasteiger partial charge < -0.3 is 29.7 Å². The van der Waals surface area contributed by atoms with Gasteiger partial charge in [0, 0.05) is 14.0 Å². The summed E-state index contributed by atoms with van der Waals surface area (Å²) in [5.41, 5.74) is 0. The molecule has 0 aliphatic carbocycles. The molecule has 0 aromatic carbocycles. The molecule has 0 saturated heterocycles. The molecule has 4 N–H and O–H groups in total. The van der Waals surface area contributed by atoms with Crippen molar-refractivity contribution in [3.8, 4) is 0 Å². The number of hydrogen-bond donors (Lipinski definition) is 4. The minimum Gasteiger partial charge on any atom is -0.475 e. The normalized spacial score (nSPS) is 29.7. The highest BCUT2D eigenvalue weighted by molar-refractivity contribution is 7.53. The molecule has 1 unspecified atom stereocenters. The summed E-state index contributed by atoms with van der Waals surface area (Å²) in [6.45, 7) is 1.13. The van der Waals surface area contributed by atoms with Gasteiger partial charge in [0.15, 0.2) is 0 Å². The Morgan fingerprint density at radius 1 is 1.53 bits per heavy atom. The van der Waals surface area contributed by atoms with Crippen LogP contribution < -0.4 is 5.32 Å². The van der Waals surface area contributed by atoms with Crippen LogP contribution in [-0.4, -0.2) is 52.1 Å². The number of aliphatic carboxylic acids is 1. The highest BCUT2D eigenvalue weighted by atomic mass is 31.2. The number of carbonyl (C=O) groups is 2. The number of nitrogens with one attached hydrogen (secondary N) is 1. The fourth-order valence-electron chi connectivity index (χ4n) is 1.56. The van der Waals surface area contributed by atoms with E-state index in [2.05, 4.69) is 9.84 Å². The molecule has 9 nitrogen and oxygen atoms in total. The quantitative estimate of drug-likeness (QED) is 0.484. The second-order valence-corrected chi connectivity index (χ2v) is 5.81. The summed E-state index contributed by atoms with van der Waals surface area (Å²) in [5, 5.41) is 20.7. The summed E-state index contributed by atoms with van der Waals surface area (Å²) in [6, 6.07) is -1.30. The molecule has 4 atom stereocenters. The Labute approximate surface area is 108 Å². The lowest BCUT2D eigenvalue weighted by atomic mass is 10.1. The summed E-state index contributed by atoms with van der Waals surface area (Å²) in [7, 11) is -3.45. The molecule has 10 heteroatoms. The smallest absolute Gasteiger partial charge is 0.370 e. The molecule has 0 saturated carbocycles. The average molecular weight is 295 g/mol. The number of aliphatic hydroxyl groups is 1. The molecule has 108 valence electrons. The third kappa shape index (κ3) is 3.54. The number of ether oxygens (including phenoxy) is 1. The highest BCUT2D eigenvalue weighted by Crippen LogP contribution is 2.51. The van der Waals surface area contributed by atoms with Crippen LogP contribution in [0.1, 0.15) is 6.92 Å². The molecule has 1 heterocycles. The first-order valence-electron chi connectivity index (χ1n) is 5.14. The number of carboxylic acid groups (broad SMARTS) is 1. The molecule has 0 aromatic rings. The topological polar surface area (TPSA) is 142 Å². The van der Waals surface area contributed by atoms with Gasteiger partial charge in [-0.25, -0.2) is 4.79 Å². The van der Waals surface area contributed by atoms with Crippen molar-refractivity contribution in [2.75, 3.05) is 7.11 Å². The Bertz CT molecular complexity index is 461. The minimum atomic E-state index is -4.38. The standard InChI is InChI=1S/C9H14NO8P/c1-4(11)10-7-5(12)3-6(8(13)14)18-9(7)19(15,16)17-2/h3,5,7,9,12H,1-2H3,(H,10,11)(H,13,14)(H,15,16)/t5-,7+,9-/m0/s1. The number of hydrogen-bond acceptors (Lipinski definition) is 6. The van der Waals surface area contributed by atoms with Crippen molar-refractivity contribution in [2.45, 2.75) is 24.9 Å². The van der Waals surface area contributed by atoms with Gasteiger partial charge in [-0.05, 0) is 6.08 Å². The van der Waals surface area contributed by atoms with Gasteiger partial charge in [-0.15, -0.1) is 0 Å². The number of aliphatic hydroxyl groups excluding tert-OH is 1. The lowest BCUT2D eigenvalue weighted by Crippen LogP contribution is -2.53. The van der Waals surface area contributed by atoms with E-state index in [1.54, 1.807) is 0 Å². The first-order chi connectivity index (χ1) is 8.69. The van der Waals surface area contributed by atoms with Gasteiger partial charge in [0.1, 0.15) is 12.1 Å². The zero-order valence-corrected chi connectivity index (χ0v) is 11.0. The summed E-state index contributed by atoms with van der Waals surface area (Å²) < 4.78 is 21.0. The first-order valence-corrected chi connectivity index (χ1v) is 6.79. The summed E-state index contributed by atoms with van der Waals surface area (Å²) in [4.78, 5) is 31.4. The van der Waals surface area contributed by atoms with Gasteiger partial charge in [0.25, 0.3) is 0 Å². The maximum atomic E-state index is 11.8. The van der Waals surface area contributed by atoms with Crippen LogP contribution in [0.25, 0.3) is 0 Å². The maximum Gasteiger partial charge on any atom is 0.370 e. The van der Waals surface area contributed by atoms with Gasteiger partial charge >= 0.3 is 13.6 Å². The number of carbonyl (C=O) groups excluding carboxylic acids is 1. The van der Waals surface area contributed by atoms with Crippen molar-refractivity contribution >= 4 is 19.5 Å². The predicted octanol–water partition coefficient (Wildman–Crippen LogP) is -0.991. The van der Waals surface area contributed by atoms with Crippen LogP contribution in [0.5, 0.6) is 0 Å². The van der Waals surface area contributed by atoms with Gasteiger partial charge in [-0.2, -0.15) is 0 Å². The van der Waals surface area contributed by atoms with Crippen molar-refractivity contribution in [3.05, 3.63) is 11.8 Å². The zero-order valence-electron chi connectivity index (χ0n) is 10.1. The fraction of sp³-hybridized carbons (Fsp3) is 0.556. The van der Waals surface area contributed by atoms with E-state index in [-0.39, 0.29) is 0 Å². The fourth-order valence-corrected chi connectivity index (χ4v) is 2.67. The SMILES string of the molecule is COP(=O)(O)[C@@H]1OC(C(=O)O)=C[C@H](O)[C@H]1NC(C)=O.